The number of fused-ring (bicyclic) bond motifs is 2. The number of nitriles is 1. The number of aliphatic hydroxyl groups excluding tert-OH is 1. The molecule has 0 radical (unpaired) electrons. The topological polar surface area (TPSA) is 76.4 Å². The van der Waals surface area contributed by atoms with E-state index in [1.54, 1.807) is 18.0 Å². The Hall–Kier alpha value is -2.39. The van der Waals surface area contributed by atoms with E-state index in [9.17, 15) is 15.2 Å². The number of carbonyl (C=O) groups is 1. The van der Waals surface area contributed by atoms with Gasteiger partial charge in [-0.05, 0) is 49.2 Å². The third-order valence-electron chi connectivity index (χ3n) is 6.43. The van der Waals surface area contributed by atoms with Crippen molar-refractivity contribution in [2.24, 2.45) is 0 Å². The molecule has 1 fully saturated rings. The van der Waals surface area contributed by atoms with E-state index < -0.39 is 17.6 Å². The van der Waals surface area contributed by atoms with Crippen molar-refractivity contribution in [1.82, 2.24) is 5.32 Å². The quantitative estimate of drug-likeness (QED) is 0.762. The molecule has 30 heavy (non-hydrogen) atoms. The predicted molar refractivity (Wildman–Crippen MR) is 120 cm³/mol. The van der Waals surface area contributed by atoms with Crippen molar-refractivity contribution in [2.45, 2.75) is 49.7 Å². The van der Waals surface area contributed by atoms with Gasteiger partial charge >= 0.3 is 0 Å². The molecule has 2 N–H and O–H groups in total. The lowest BCUT2D eigenvalue weighted by molar-refractivity contribution is -0.125. The van der Waals surface area contributed by atoms with Crippen molar-refractivity contribution < 1.29 is 9.90 Å². The average Bonchev–Trinajstić information content (AvgIpc) is 2.98. The summed E-state index contributed by atoms with van der Waals surface area (Å²) in [6.07, 6.45) is 3.98. The fourth-order valence-electron chi connectivity index (χ4n) is 5.08. The second-order valence-corrected chi connectivity index (χ2v) is 8.14. The molecular weight excluding hydrogens is 398 g/mol. The highest BCUT2D eigenvalue weighted by atomic mass is 35.5. The van der Waals surface area contributed by atoms with Crippen molar-refractivity contribution in [1.29, 1.82) is 5.26 Å². The number of aliphatic hydroxyl groups is 1. The Morgan fingerprint density at radius 3 is 2.50 bits per heavy atom. The van der Waals surface area contributed by atoms with E-state index >= 15 is 0 Å². The Labute approximate surface area is 184 Å². The van der Waals surface area contributed by atoms with Gasteiger partial charge < -0.3 is 15.3 Å². The molecule has 1 heterocycles. The number of hydrogen-bond acceptors (Lipinski definition) is 4. The highest BCUT2D eigenvalue weighted by molar-refractivity contribution is 6.09. The summed E-state index contributed by atoms with van der Waals surface area (Å²) in [5.74, 6) is 0.0614. The molecular formula is C24H28ClN3O2. The second kappa shape index (κ2) is 9.18. The van der Waals surface area contributed by atoms with E-state index in [2.05, 4.69) is 11.4 Å². The summed E-state index contributed by atoms with van der Waals surface area (Å²) in [6.45, 7) is 0.377. The number of halogens is 1. The van der Waals surface area contributed by atoms with Gasteiger partial charge in [0, 0.05) is 12.2 Å². The molecule has 158 valence electrons. The van der Waals surface area contributed by atoms with Gasteiger partial charge in [0.25, 0.3) is 0 Å². The third kappa shape index (κ3) is 3.60. The number of carbonyl (C=O) groups excluding carboxylic acids is 1. The SMILES string of the molecule is CNC[C@H](O)[C@H](c1ccccc1)N1C(=O)C2(CCCCC2)c2cc(C#N)ccc21.Cl. The van der Waals surface area contributed by atoms with Crippen molar-refractivity contribution >= 4 is 24.0 Å². The van der Waals surface area contributed by atoms with E-state index in [0.717, 1.165) is 48.9 Å². The van der Waals surface area contributed by atoms with Gasteiger partial charge in [-0.3, -0.25) is 4.79 Å². The number of amides is 1. The summed E-state index contributed by atoms with van der Waals surface area (Å²) < 4.78 is 0. The lowest BCUT2D eigenvalue weighted by atomic mass is 9.70. The Morgan fingerprint density at radius 2 is 1.87 bits per heavy atom. The minimum absolute atomic E-state index is 0. The summed E-state index contributed by atoms with van der Waals surface area (Å²) in [7, 11) is 1.80. The number of likely N-dealkylation sites (N-methyl/N-ethyl adjacent to an activating group) is 1. The van der Waals surface area contributed by atoms with Gasteiger partial charge in [-0.15, -0.1) is 12.4 Å². The van der Waals surface area contributed by atoms with Gasteiger partial charge in [0.05, 0.1) is 29.2 Å². The molecule has 0 bridgehead atoms. The summed E-state index contributed by atoms with van der Waals surface area (Å²) in [4.78, 5) is 15.8. The first kappa shape index (κ1) is 22.3. The molecule has 1 saturated carbocycles. The van der Waals surface area contributed by atoms with Crippen LogP contribution in [0.5, 0.6) is 0 Å². The first-order valence-corrected chi connectivity index (χ1v) is 10.4. The number of rotatable bonds is 5. The third-order valence-corrected chi connectivity index (χ3v) is 6.43. The van der Waals surface area contributed by atoms with Crippen molar-refractivity contribution in [2.75, 3.05) is 18.5 Å². The average molecular weight is 426 g/mol. The molecule has 0 unspecified atom stereocenters. The highest BCUT2D eigenvalue weighted by Crippen LogP contribution is 2.53. The molecule has 0 saturated heterocycles. The van der Waals surface area contributed by atoms with Gasteiger partial charge in [-0.2, -0.15) is 5.26 Å². The van der Waals surface area contributed by atoms with Crippen molar-refractivity contribution in [3.63, 3.8) is 0 Å². The molecule has 0 aromatic heterocycles. The van der Waals surface area contributed by atoms with Gasteiger partial charge in [0.2, 0.25) is 5.91 Å². The fourth-order valence-corrected chi connectivity index (χ4v) is 5.08. The van der Waals surface area contributed by atoms with Crippen LogP contribution in [-0.2, 0) is 10.2 Å². The highest BCUT2D eigenvalue weighted by Gasteiger charge is 2.53. The standard InChI is InChI=1S/C24H27N3O2.ClH/c1-26-16-21(28)22(18-8-4-2-5-9-18)27-20-11-10-17(15-25)14-19(20)24(23(27)29)12-6-3-7-13-24;/h2,4-5,8-11,14,21-22,26,28H,3,6-7,12-13,16H2,1H3;1H/t21-,22-;/m0./s1. The van der Waals surface area contributed by atoms with E-state index in [4.69, 9.17) is 0 Å². The normalized spacial score (nSPS) is 19.0. The molecule has 2 aliphatic rings. The van der Waals surface area contributed by atoms with Crippen LogP contribution in [-0.4, -0.2) is 30.7 Å². The first-order valence-electron chi connectivity index (χ1n) is 10.4. The molecule has 6 heteroatoms. The van der Waals surface area contributed by atoms with E-state index in [1.807, 2.05) is 42.5 Å². The first-order chi connectivity index (χ1) is 14.1. The molecule has 1 spiro atoms. The summed E-state index contributed by atoms with van der Waals surface area (Å²) >= 11 is 0. The Morgan fingerprint density at radius 1 is 1.17 bits per heavy atom. The van der Waals surface area contributed by atoms with Crippen molar-refractivity contribution in [3.8, 4) is 6.07 Å². The number of hydrogen-bond donors (Lipinski definition) is 2. The van der Waals surface area contributed by atoms with Crippen LogP contribution in [0.4, 0.5) is 5.69 Å². The zero-order valence-corrected chi connectivity index (χ0v) is 18.0. The van der Waals surface area contributed by atoms with Gasteiger partial charge in [-0.1, -0.05) is 49.6 Å². The molecule has 1 aliphatic carbocycles. The van der Waals surface area contributed by atoms with Crippen LogP contribution in [0.3, 0.4) is 0 Å². The molecule has 5 nitrogen and oxygen atoms in total. The van der Waals surface area contributed by atoms with Crippen LogP contribution >= 0.6 is 12.4 Å². The van der Waals surface area contributed by atoms with Crippen LogP contribution in [0.25, 0.3) is 0 Å². The molecule has 4 rings (SSSR count). The van der Waals surface area contributed by atoms with Crippen LogP contribution in [0, 0.1) is 11.3 Å². The van der Waals surface area contributed by atoms with Gasteiger partial charge in [-0.25, -0.2) is 0 Å². The van der Waals surface area contributed by atoms with Gasteiger partial charge in [0.1, 0.15) is 0 Å². The van der Waals surface area contributed by atoms with Crippen LogP contribution in [0.1, 0.15) is 54.8 Å². The maximum absolute atomic E-state index is 14.0. The zero-order valence-electron chi connectivity index (χ0n) is 17.2. The van der Waals surface area contributed by atoms with E-state index in [-0.39, 0.29) is 18.3 Å². The number of nitrogens with zero attached hydrogens (tertiary/aromatic N) is 2. The van der Waals surface area contributed by atoms with Gasteiger partial charge in [0.15, 0.2) is 0 Å². The summed E-state index contributed by atoms with van der Waals surface area (Å²) in [6, 6.07) is 17.0. The maximum Gasteiger partial charge on any atom is 0.238 e. The second-order valence-electron chi connectivity index (χ2n) is 8.14. The smallest absolute Gasteiger partial charge is 0.238 e. The molecule has 2 atom stereocenters. The summed E-state index contributed by atoms with van der Waals surface area (Å²) in [5.41, 5.74) is 2.70. The summed E-state index contributed by atoms with van der Waals surface area (Å²) in [5, 5.41) is 23.5. The van der Waals surface area contributed by atoms with Crippen LogP contribution in [0.15, 0.2) is 48.5 Å². The number of anilines is 1. The van der Waals surface area contributed by atoms with E-state index in [1.165, 1.54) is 0 Å². The van der Waals surface area contributed by atoms with Crippen molar-refractivity contribution in [3.05, 3.63) is 65.2 Å². The Balaban J connectivity index is 0.00000256. The minimum Gasteiger partial charge on any atom is -0.389 e. The molecule has 1 amide bonds. The Bertz CT molecular complexity index is 935. The largest absolute Gasteiger partial charge is 0.389 e. The lowest BCUT2D eigenvalue weighted by Gasteiger charge is -2.36. The lowest BCUT2D eigenvalue weighted by Crippen LogP contribution is -2.47. The molecule has 2 aromatic carbocycles. The Kier molecular flexibility index (Phi) is 6.82. The predicted octanol–water partition coefficient (Wildman–Crippen LogP) is 3.85. The number of benzene rings is 2. The van der Waals surface area contributed by atoms with Crippen LogP contribution in [0.2, 0.25) is 0 Å². The van der Waals surface area contributed by atoms with E-state index in [0.29, 0.717) is 12.1 Å². The molecule has 1 aliphatic heterocycles. The van der Waals surface area contributed by atoms with Crippen LogP contribution < -0.4 is 10.2 Å². The number of nitrogens with one attached hydrogen (secondary N) is 1. The molecule has 2 aromatic rings. The monoisotopic (exact) mass is 425 g/mol. The maximum atomic E-state index is 14.0. The zero-order chi connectivity index (χ0) is 20.4. The fraction of sp³-hybridized carbons (Fsp3) is 0.417. The minimum atomic E-state index is -0.756.